The molecule has 0 fully saturated rings. The molecule has 3 nitrogen and oxygen atoms in total. The van der Waals surface area contributed by atoms with Gasteiger partial charge in [0, 0.05) is 5.39 Å². The van der Waals surface area contributed by atoms with Gasteiger partial charge in [-0.15, -0.1) is 22.7 Å². The number of hydrogen-bond acceptors (Lipinski definition) is 4. The fourth-order valence-electron chi connectivity index (χ4n) is 1.02. The van der Waals surface area contributed by atoms with Crippen molar-refractivity contribution in [1.82, 2.24) is 0 Å². The Morgan fingerprint density at radius 3 is 2.77 bits per heavy atom. The third kappa shape index (κ3) is 1.30. The second-order valence-electron chi connectivity index (χ2n) is 2.44. The van der Waals surface area contributed by atoms with Crippen molar-refractivity contribution in [1.29, 1.82) is 5.26 Å². The van der Waals surface area contributed by atoms with Crippen molar-refractivity contribution in [2.24, 2.45) is 5.73 Å². The molecule has 0 saturated heterocycles. The summed E-state index contributed by atoms with van der Waals surface area (Å²) in [5.74, 6) is -0.410. The first-order chi connectivity index (χ1) is 6.20. The maximum atomic E-state index is 10.8. The number of rotatable bonds is 1. The molecule has 2 N–H and O–H groups in total. The minimum absolute atomic E-state index is 0.410. The minimum Gasteiger partial charge on any atom is -0.365 e. The molecule has 2 rings (SSSR count). The van der Waals surface area contributed by atoms with E-state index in [-0.39, 0.29) is 0 Å². The van der Waals surface area contributed by atoms with Gasteiger partial charge in [0.25, 0.3) is 5.91 Å². The number of carbonyl (C=O) groups is 1. The van der Waals surface area contributed by atoms with Crippen LogP contribution in [0.5, 0.6) is 0 Å². The van der Waals surface area contributed by atoms with Crippen molar-refractivity contribution in [3.05, 3.63) is 21.9 Å². The van der Waals surface area contributed by atoms with Crippen molar-refractivity contribution in [2.45, 2.75) is 0 Å². The summed E-state index contributed by atoms with van der Waals surface area (Å²) in [6, 6.07) is 5.55. The summed E-state index contributed by atoms with van der Waals surface area (Å²) in [5.41, 5.74) is 5.12. The van der Waals surface area contributed by atoms with Gasteiger partial charge in [0.15, 0.2) is 0 Å². The predicted molar refractivity (Wildman–Crippen MR) is 52.9 cm³/mol. The lowest BCUT2D eigenvalue weighted by Gasteiger charge is -1.82. The van der Waals surface area contributed by atoms with Gasteiger partial charge in [-0.25, -0.2) is 0 Å². The minimum atomic E-state index is -0.410. The fraction of sp³-hybridized carbons (Fsp3) is 0. The number of hydrogen-bond donors (Lipinski definition) is 1. The molecule has 13 heavy (non-hydrogen) atoms. The molecule has 0 atom stereocenters. The molecule has 2 heterocycles. The summed E-state index contributed by atoms with van der Waals surface area (Å²) in [6.07, 6.45) is 0. The monoisotopic (exact) mass is 208 g/mol. The van der Waals surface area contributed by atoms with Gasteiger partial charge in [0.2, 0.25) is 0 Å². The van der Waals surface area contributed by atoms with Gasteiger partial charge >= 0.3 is 0 Å². The van der Waals surface area contributed by atoms with Crippen LogP contribution in [-0.2, 0) is 0 Å². The van der Waals surface area contributed by atoms with Gasteiger partial charge in [0.05, 0.1) is 8.89 Å². The predicted octanol–water partition coefficient (Wildman–Crippen LogP) is 1.93. The quantitative estimate of drug-likeness (QED) is 0.778. The van der Waals surface area contributed by atoms with Crippen LogP contribution < -0.4 is 5.73 Å². The van der Waals surface area contributed by atoms with E-state index in [0.717, 1.165) is 9.40 Å². The van der Waals surface area contributed by atoms with E-state index in [9.17, 15) is 4.79 Å². The number of fused-ring (bicyclic) bond motifs is 1. The van der Waals surface area contributed by atoms with E-state index in [1.807, 2.05) is 0 Å². The molecule has 0 spiro atoms. The van der Waals surface area contributed by atoms with Crippen LogP contribution in [0.1, 0.15) is 14.5 Å². The average Bonchev–Trinajstić information content (AvgIpc) is 2.58. The van der Waals surface area contributed by atoms with Crippen molar-refractivity contribution in [2.75, 3.05) is 0 Å². The molecule has 1 amide bonds. The lowest BCUT2D eigenvalue weighted by Crippen LogP contribution is -2.08. The Balaban J connectivity index is 2.62. The summed E-state index contributed by atoms with van der Waals surface area (Å²) >= 11 is 2.72. The average molecular weight is 208 g/mol. The number of primary amides is 1. The summed E-state index contributed by atoms with van der Waals surface area (Å²) in [4.78, 5) is 12.0. The topological polar surface area (TPSA) is 66.9 Å². The third-order valence-corrected chi connectivity index (χ3v) is 3.88. The highest BCUT2D eigenvalue weighted by Gasteiger charge is 2.09. The van der Waals surface area contributed by atoms with Crippen molar-refractivity contribution in [3.63, 3.8) is 0 Å². The Hall–Kier alpha value is -1.38. The Bertz CT molecular complexity index is 486. The molecule has 0 aromatic carbocycles. The maximum absolute atomic E-state index is 10.8. The Kier molecular flexibility index (Phi) is 1.79. The zero-order chi connectivity index (χ0) is 9.42. The van der Waals surface area contributed by atoms with Crippen LogP contribution in [0, 0.1) is 11.3 Å². The molecular weight excluding hydrogens is 204 g/mol. The molecular formula is C8H4N2OS2. The number of amides is 1. The maximum Gasteiger partial charge on any atom is 0.258 e. The van der Waals surface area contributed by atoms with E-state index < -0.39 is 5.91 Å². The fourth-order valence-corrected chi connectivity index (χ4v) is 3.11. The summed E-state index contributed by atoms with van der Waals surface area (Å²) in [7, 11) is 0. The Labute approximate surface area is 82.0 Å². The molecule has 0 unspecified atom stereocenters. The molecule has 0 radical (unpaired) electrons. The van der Waals surface area contributed by atoms with Gasteiger partial charge in [-0.3, -0.25) is 4.79 Å². The first-order valence-electron chi connectivity index (χ1n) is 3.44. The highest BCUT2D eigenvalue weighted by atomic mass is 32.2. The van der Waals surface area contributed by atoms with E-state index in [1.54, 1.807) is 12.1 Å². The van der Waals surface area contributed by atoms with E-state index in [1.165, 1.54) is 22.7 Å². The summed E-state index contributed by atoms with van der Waals surface area (Å²) in [5, 5.41) is 9.54. The molecule has 2 aromatic heterocycles. The Morgan fingerprint density at radius 2 is 2.23 bits per heavy atom. The number of nitrogens with zero attached hydrogens (tertiary/aromatic N) is 1. The van der Waals surface area contributed by atoms with Crippen LogP contribution in [0.3, 0.4) is 0 Å². The van der Waals surface area contributed by atoms with E-state index in [2.05, 4.69) is 6.07 Å². The summed E-state index contributed by atoms with van der Waals surface area (Å²) < 4.78 is 0.977. The summed E-state index contributed by atoms with van der Waals surface area (Å²) in [6.45, 7) is 0. The molecule has 64 valence electrons. The van der Waals surface area contributed by atoms with Gasteiger partial charge in [-0.05, 0) is 12.1 Å². The zero-order valence-electron chi connectivity index (χ0n) is 6.40. The van der Waals surface area contributed by atoms with Crippen LogP contribution in [0.25, 0.3) is 9.40 Å². The molecule has 0 aliphatic carbocycles. The van der Waals surface area contributed by atoms with E-state index in [0.29, 0.717) is 9.75 Å². The van der Waals surface area contributed by atoms with E-state index in [4.69, 9.17) is 11.0 Å². The lowest BCUT2D eigenvalue weighted by molar-refractivity contribution is 0.100. The lowest BCUT2D eigenvalue weighted by atomic mass is 10.3. The third-order valence-electron chi connectivity index (χ3n) is 1.57. The van der Waals surface area contributed by atoms with Crippen LogP contribution in [0.15, 0.2) is 12.1 Å². The van der Waals surface area contributed by atoms with Crippen LogP contribution in [0.2, 0.25) is 0 Å². The van der Waals surface area contributed by atoms with Crippen LogP contribution in [-0.4, -0.2) is 5.91 Å². The SMILES string of the molecule is N#Cc1cc2cc(C(N)=O)sc2s1. The van der Waals surface area contributed by atoms with Gasteiger partial charge in [-0.2, -0.15) is 5.26 Å². The van der Waals surface area contributed by atoms with Gasteiger partial charge in [-0.1, -0.05) is 0 Å². The molecule has 5 heteroatoms. The van der Waals surface area contributed by atoms with Gasteiger partial charge in [0.1, 0.15) is 10.9 Å². The number of thiophene rings is 2. The smallest absolute Gasteiger partial charge is 0.258 e. The first-order valence-corrected chi connectivity index (χ1v) is 5.07. The van der Waals surface area contributed by atoms with Crippen molar-refractivity contribution < 1.29 is 4.79 Å². The molecule has 0 aliphatic heterocycles. The van der Waals surface area contributed by atoms with Crippen molar-refractivity contribution >= 4 is 38.0 Å². The zero-order valence-corrected chi connectivity index (χ0v) is 8.04. The number of carbonyl (C=O) groups excluding carboxylic acids is 1. The number of nitrogens with two attached hydrogens (primary N) is 1. The normalized spacial score (nSPS) is 10.1. The van der Waals surface area contributed by atoms with Crippen molar-refractivity contribution in [3.8, 4) is 6.07 Å². The largest absolute Gasteiger partial charge is 0.365 e. The molecule has 0 bridgehead atoms. The highest BCUT2D eigenvalue weighted by molar-refractivity contribution is 7.39. The Morgan fingerprint density at radius 1 is 1.46 bits per heavy atom. The molecule has 2 aromatic rings. The molecule has 0 saturated carbocycles. The second-order valence-corrected chi connectivity index (χ2v) is 4.80. The number of nitriles is 1. The second kappa shape index (κ2) is 2.83. The van der Waals surface area contributed by atoms with Crippen LogP contribution in [0.4, 0.5) is 0 Å². The van der Waals surface area contributed by atoms with Crippen LogP contribution >= 0.6 is 22.7 Å². The first kappa shape index (κ1) is 8.23. The standard InChI is InChI=1S/C8H4N2OS2/c9-3-5-1-4-2-6(7(10)11)13-8(4)12-5/h1-2H,(H2,10,11). The highest BCUT2D eigenvalue weighted by Crippen LogP contribution is 2.32. The molecule has 0 aliphatic rings. The van der Waals surface area contributed by atoms with Gasteiger partial charge < -0.3 is 5.73 Å². The van der Waals surface area contributed by atoms with E-state index >= 15 is 0 Å².